The van der Waals surface area contributed by atoms with Gasteiger partial charge in [0.25, 0.3) is 5.91 Å². The molecule has 1 fully saturated rings. The number of carbonyl (C=O) groups is 2. The second kappa shape index (κ2) is 9.22. The van der Waals surface area contributed by atoms with E-state index in [2.05, 4.69) is 34.7 Å². The summed E-state index contributed by atoms with van der Waals surface area (Å²) in [6, 6.07) is 18.5. The molecule has 1 N–H and O–H groups in total. The fourth-order valence-electron chi connectivity index (χ4n) is 4.76. The molecule has 0 bridgehead atoms. The first-order chi connectivity index (χ1) is 15.8. The Morgan fingerprint density at radius 2 is 1.79 bits per heavy atom. The molecule has 1 aliphatic heterocycles. The van der Waals surface area contributed by atoms with Crippen LogP contribution in [0.4, 0.5) is 0 Å². The number of aromatic nitrogens is 1. The van der Waals surface area contributed by atoms with Gasteiger partial charge < -0.3 is 14.7 Å². The summed E-state index contributed by atoms with van der Waals surface area (Å²) in [5.41, 5.74) is 3.72. The summed E-state index contributed by atoms with van der Waals surface area (Å²) in [5.74, 6) is 0.382. The summed E-state index contributed by atoms with van der Waals surface area (Å²) in [4.78, 5) is 28.6. The molecular formula is C27H31N3O3. The molecule has 172 valence electrons. The van der Waals surface area contributed by atoms with E-state index in [-0.39, 0.29) is 17.9 Å². The molecule has 0 aliphatic carbocycles. The number of benzene rings is 2. The van der Waals surface area contributed by atoms with Crippen LogP contribution in [0.15, 0.2) is 59.1 Å². The number of aryl methyl sites for hydroxylation is 2. The highest BCUT2D eigenvalue weighted by atomic mass is 16.5. The van der Waals surface area contributed by atoms with Crippen LogP contribution in [0, 0.1) is 19.3 Å². The zero-order chi connectivity index (χ0) is 23.6. The van der Waals surface area contributed by atoms with Gasteiger partial charge in [-0.3, -0.25) is 9.59 Å². The van der Waals surface area contributed by atoms with E-state index in [4.69, 9.17) is 4.52 Å². The molecule has 3 aromatic rings. The summed E-state index contributed by atoms with van der Waals surface area (Å²) < 4.78 is 5.21. The van der Waals surface area contributed by atoms with Gasteiger partial charge in [-0.25, -0.2) is 0 Å². The minimum atomic E-state index is -0.705. The molecule has 2 heterocycles. The Labute approximate surface area is 195 Å². The van der Waals surface area contributed by atoms with Crippen molar-refractivity contribution < 1.29 is 14.1 Å². The first kappa shape index (κ1) is 22.8. The van der Waals surface area contributed by atoms with E-state index in [1.165, 1.54) is 0 Å². The summed E-state index contributed by atoms with van der Waals surface area (Å²) in [6.45, 7) is 8.32. The fraction of sp³-hybridized carbons (Fsp3) is 0.370. The number of amides is 2. The molecule has 0 saturated carbocycles. The molecular weight excluding hydrogens is 414 g/mol. The molecule has 4 rings (SSSR count). The Morgan fingerprint density at radius 1 is 1.09 bits per heavy atom. The van der Waals surface area contributed by atoms with E-state index in [1.807, 2.05) is 44.2 Å². The monoisotopic (exact) mass is 445 g/mol. The SMILES string of the molecule is Cc1noc(C)c1C(=O)N1CCC(Cc2ccccc2-c2ccccc2)(C(=O)NC(C)C)C1. The van der Waals surface area contributed by atoms with E-state index in [9.17, 15) is 9.59 Å². The van der Waals surface area contributed by atoms with Crippen molar-refractivity contribution in [2.45, 2.75) is 46.6 Å². The van der Waals surface area contributed by atoms with Crippen molar-refractivity contribution in [1.29, 1.82) is 0 Å². The van der Waals surface area contributed by atoms with Gasteiger partial charge in [-0.05, 0) is 57.2 Å². The number of nitrogens with zero attached hydrogens (tertiary/aromatic N) is 2. The highest BCUT2D eigenvalue weighted by molar-refractivity contribution is 5.97. The Hall–Kier alpha value is -3.41. The molecule has 33 heavy (non-hydrogen) atoms. The third-order valence-electron chi connectivity index (χ3n) is 6.42. The van der Waals surface area contributed by atoms with E-state index >= 15 is 0 Å². The van der Waals surface area contributed by atoms with Crippen molar-refractivity contribution in [2.75, 3.05) is 13.1 Å². The van der Waals surface area contributed by atoms with Crippen LogP contribution in [0.1, 0.15) is 47.6 Å². The summed E-state index contributed by atoms with van der Waals surface area (Å²) in [7, 11) is 0. The lowest BCUT2D eigenvalue weighted by Gasteiger charge is -2.30. The molecule has 2 aromatic carbocycles. The Balaban J connectivity index is 1.68. The van der Waals surface area contributed by atoms with Crippen molar-refractivity contribution in [3.8, 4) is 11.1 Å². The number of nitrogens with one attached hydrogen (secondary N) is 1. The van der Waals surface area contributed by atoms with Gasteiger partial charge in [0.2, 0.25) is 5.91 Å². The predicted molar refractivity (Wildman–Crippen MR) is 128 cm³/mol. The predicted octanol–water partition coefficient (Wildman–Crippen LogP) is 4.56. The van der Waals surface area contributed by atoms with E-state index in [1.54, 1.807) is 18.7 Å². The molecule has 1 atom stereocenters. The number of rotatable bonds is 6. The Morgan fingerprint density at radius 3 is 2.45 bits per heavy atom. The molecule has 0 spiro atoms. The van der Waals surface area contributed by atoms with Crippen molar-refractivity contribution in [3.63, 3.8) is 0 Å². The third-order valence-corrected chi connectivity index (χ3v) is 6.42. The topological polar surface area (TPSA) is 75.4 Å². The van der Waals surface area contributed by atoms with Gasteiger partial charge in [-0.1, -0.05) is 59.8 Å². The second-order valence-electron chi connectivity index (χ2n) is 9.28. The van der Waals surface area contributed by atoms with Crippen LogP contribution in [-0.2, 0) is 11.2 Å². The average molecular weight is 446 g/mol. The zero-order valence-electron chi connectivity index (χ0n) is 19.7. The maximum Gasteiger partial charge on any atom is 0.259 e. The average Bonchev–Trinajstić information content (AvgIpc) is 3.38. The Kier molecular flexibility index (Phi) is 6.36. The van der Waals surface area contributed by atoms with Gasteiger partial charge >= 0.3 is 0 Å². The quantitative estimate of drug-likeness (QED) is 0.604. The van der Waals surface area contributed by atoms with Crippen LogP contribution in [-0.4, -0.2) is 41.0 Å². The highest BCUT2D eigenvalue weighted by Gasteiger charge is 2.47. The zero-order valence-corrected chi connectivity index (χ0v) is 19.7. The standard InChI is InChI=1S/C27H31N3O3/c1-18(2)28-26(32)27(14-15-30(17-27)25(31)24-19(3)29-33-20(24)4)16-22-12-8-9-13-23(22)21-10-6-5-7-11-21/h5-13,18H,14-17H2,1-4H3,(H,28,32). The smallest absolute Gasteiger partial charge is 0.259 e. The number of hydrogen-bond acceptors (Lipinski definition) is 4. The van der Waals surface area contributed by atoms with Crippen LogP contribution >= 0.6 is 0 Å². The molecule has 2 amide bonds. The van der Waals surface area contributed by atoms with Crippen LogP contribution < -0.4 is 5.32 Å². The highest BCUT2D eigenvalue weighted by Crippen LogP contribution is 2.38. The van der Waals surface area contributed by atoms with Gasteiger partial charge in [0.05, 0.1) is 11.1 Å². The first-order valence-electron chi connectivity index (χ1n) is 11.5. The summed E-state index contributed by atoms with van der Waals surface area (Å²) >= 11 is 0. The van der Waals surface area contributed by atoms with E-state index in [0.717, 1.165) is 16.7 Å². The number of carbonyl (C=O) groups excluding carboxylic acids is 2. The molecule has 0 radical (unpaired) electrons. The lowest BCUT2D eigenvalue weighted by molar-refractivity contribution is -0.130. The normalized spacial score (nSPS) is 18.0. The van der Waals surface area contributed by atoms with Crippen molar-refractivity contribution in [3.05, 3.63) is 77.2 Å². The number of likely N-dealkylation sites (tertiary alicyclic amines) is 1. The Bertz CT molecular complexity index is 1130. The number of hydrogen-bond donors (Lipinski definition) is 1. The van der Waals surface area contributed by atoms with Gasteiger partial charge in [0, 0.05) is 19.1 Å². The molecule has 1 aromatic heterocycles. The second-order valence-corrected chi connectivity index (χ2v) is 9.28. The molecule has 1 unspecified atom stereocenters. The van der Waals surface area contributed by atoms with Gasteiger partial charge in [-0.15, -0.1) is 0 Å². The van der Waals surface area contributed by atoms with Gasteiger partial charge in [-0.2, -0.15) is 0 Å². The first-order valence-corrected chi connectivity index (χ1v) is 11.5. The molecule has 6 nitrogen and oxygen atoms in total. The van der Waals surface area contributed by atoms with E-state index < -0.39 is 5.41 Å². The van der Waals surface area contributed by atoms with Crippen LogP contribution in [0.2, 0.25) is 0 Å². The largest absolute Gasteiger partial charge is 0.361 e. The molecule has 6 heteroatoms. The minimum Gasteiger partial charge on any atom is -0.361 e. The fourth-order valence-corrected chi connectivity index (χ4v) is 4.76. The summed E-state index contributed by atoms with van der Waals surface area (Å²) in [5, 5.41) is 7.04. The summed E-state index contributed by atoms with van der Waals surface area (Å²) in [6.07, 6.45) is 1.16. The minimum absolute atomic E-state index is 0.00516. The lowest BCUT2D eigenvalue weighted by atomic mass is 9.78. The van der Waals surface area contributed by atoms with Crippen molar-refractivity contribution >= 4 is 11.8 Å². The van der Waals surface area contributed by atoms with Gasteiger partial charge in [0.1, 0.15) is 11.3 Å². The van der Waals surface area contributed by atoms with Crippen molar-refractivity contribution in [2.24, 2.45) is 5.41 Å². The van der Waals surface area contributed by atoms with Crippen LogP contribution in [0.3, 0.4) is 0 Å². The maximum absolute atomic E-state index is 13.5. The van der Waals surface area contributed by atoms with Crippen LogP contribution in [0.5, 0.6) is 0 Å². The maximum atomic E-state index is 13.5. The van der Waals surface area contributed by atoms with Crippen molar-refractivity contribution in [1.82, 2.24) is 15.4 Å². The molecule has 1 saturated heterocycles. The lowest BCUT2D eigenvalue weighted by Crippen LogP contribution is -2.47. The third kappa shape index (κ3) is 4.56. The molecule has 1 aliphatic rings. The van der Waals surface area contributed by atoms with Crippen LogP contribution in [0.25, 0.3) is 11.1 Å². The van der Waals surface area contributed by atoms with E-state index in [0.29, 0.717) is 42.9 Å². The van der Waals surface area contributed by atoms with Gasteiger partial charge in [0.15, 0.2) is 0 Å².